The van der Waals surface area contributed by atoms with Gasteiger partial charge in [-0.1, -0.05) is 11.6 Å². The highest BCUT2D eigenvalue weighted by atomic mass is 35.5. The molecule has 6 heteroatoms. The van der Waals surface area contributed by atoms with Crippen molar-refractivity contribution in [3.8, 4) is 0 Å². The molecule has 0 aliphatic rings. The second kappa shape index (κ2) is 3.97. The van der Waals surface area contributed by atoms with E-state index < -0.39 is 5.97 Å². The first-order valence-corrected chi connectivity index (χ1v) is 4.01. The van der Waals surface area contributed by atoms with E-state index in [1.807, 2.05) is 0 Å². The third-order valence-electron chi connectivity index (χ3n) is 1.44. The van der Waals surface area contributed by atoms with Crippen molar-refractivity contribution in [2.24, 2.45) is 16.5 Å². The topological polar surface area (TPSA) is 102 Å². The zero-order valence-corrected chi connectivity index (χ0v) is 7.82. The molecule has 0 heterocycles. The van der Waals surface area contributed by atoms with Crippen molar-refractivity contribution in [3.63, 3.8) is 0 Å². The van der Waals surface area contributed by atoms with E-state index in [4.69, 9.17) is 28.2 Å². The van der Waals surface area contributed by atoms with Crippen LogP contribution in [0, 0.1) is 0 Å². The van der Waals surface area contributed by atoms with Gasteiger partial charge in [0.25, 0.3) is 0 Å². The lowest BCUT2D eigenvalue weighted by molar-refractivity contribution is 0.0697. The number of nitrogens with zero attached hydrogens (tertiary/aromatic N) is 1. The fourth-order valence-corrected chi connectivity index (χ4v) is 1.03. The van der Waals surface area contributed by atoms with Crippen molar-refractivity contribution in [2.45, 2.75) is 0 Å². The summed E-state index contributed by atoms with van der Waals surface area (Å²) in [6.45, 7) is 0. The number of hydrogen-bond donors (Lipinski definition) is 3. The zero-order valence-electron chi connectivity index (χ0n) is 7.07. The number of carboxylic acids is 1. The average molecular weight is 214 g/mol. The van der Waals surface area contributed by atoms with E-state index >= 15 is 0 Å². The highest BCUT2D eigenvalue weighted by Gasteiger charge is 2.06. The molecule has 0 bridgehead atoms. The molecule has 0 saturated carbocycles. The van der Waals surface area contributed by atoms with E-state index in [-0.39, 0.29) is 17.2 Å². The van der Waals surface area contributed by atoms with Crippen LogP contribution in [0.4, 0.5) is 5.69 Å². The normalized spacial score (nSPS) is 9.50. The van der Waals surface area contributed by atoms with Crippen molar-refractivity contribution >= 4 is 29.2 Å². The molecule has 74 valence electrons. The average Bonchev–Trinajstić information content (AvgIpc) is 2.07. The Balaban J connectivity index is 3.22. The molecular formula is C8H8ClN3O2. The molecule has 5 nitrogen and oxygen atoms in total. The molecule has 0 aromatic heterocycles. The summed E-state index contributed by atoms with van der Waals surface area (Å²) in [6.07, 6.45) is 0. The molecule has 1 aromatic rings. The van der Waals surface area contributed by atoms with Gasteiger partial charge in [-0.2, -0.15) is 0 Å². The quantitative estimate of drug-likeness (QED) is 0.503. The lowest BCUT2D eigenvalue weighted by Gasteiger charge is -2.00. The maximum atomic E-state index is 10.6. The predicted octanol–water partition coefficient (Wildman–Crippen LogP) is 0.943. The van der Waals surface area contributed by atoms with Crippen LogP contribution >= 0.6 is 11.6 Å². The number of hydrogen-bond acceptors (Lipinski definition) is 2. The molecule has 0 amide bonds. The number of carboxylic acid groups (broad SMARTS) is 1. The number of benzene rings is 1. The summed E-state index contributed by atoms with van der Waals surface area (Å²) in [7, 11) is 0. The molecule has 0 aliphatic heterocycles. The van der Waals surface area contributed by atoms with Crippen LogP contribution in [-0.2, 0) is 0 Å². The van der Waals surface area contributed by atoms with E-state index in [1.54, 1.807) is 0 Å². The SMILES string of the molecule is NC(N)=Nc1cc(C(=O)O)ccc1Cl. The van der Waals surface area contributed by atoms with Gasteiger partial charge in [0.2, 0.25) is 0 Å². The Morgan fingerprint density at radius 3 is 2.57 bits per heavy atom. The summed E-state index contributed by atoms with van der Waals surface area (Å²) >= 11 is 5.73. The van der Waals surface area contributed by atoms with E-state index in [1.165, 1.54) is 18.2 Å². The van der Waals surface area contributed by atoms with Crippen LogP contribution in [0.25, 0.3) is 0 Å². The fraction of sp³-hybridized carbons (Fsp3) is 0. The van der Waals surface area contributed by atoms with Gasteiger partial charge in [-0.25, -0.2) is 9.79 Å². The van der Waals surface area contributed by atoms with Gasteiger partial charge < -0.3 is 16.6 Å². The minimum atomic E-state index is -1.06. The lowest BCUT2D eigenvalue weighted by atomic mass is 10.2. The third-order valence-corrected chi connectivity index (χ3v) is 1.76. The highest BCUT2D eigenvalue weighted by molar-refractivity contribution is 6.33. The Morgan fingerprint density at radius 1 is 1.43 bits per heavy atom. The van der Waals surface area contributed by atoms with Crippen molar-refractivity contribution in [1.82, 2.24) is 0 Å². The summed E-state index contributed by atoms with van der Waals surface area (Å²) < 4.78 is 0. The molecule has 14 heavy (non-hydrogen) atoms. The van der Waals surface area contributed by atoms with Crippen LogP contribution in [0.3, 0.4) is 0 Å². The first-order chi connectivity index (χ1) is 6.50. The summed E-state index contributed by atoms with van der Waals surface area (Å²) in [5.74, 6) is -1.23. The molecule has 0 unspecified atom stereocenters. The maximum absolute atomic E-state index is 10.6. The van der Waals surface area contributed by atoms with Gasteiger partial charge in [0.15, 0.2) is 5.96 Å². The molecular weight excluding hydrogens is 206 g/mol. The number of guanidine groups is 1. The van der Waals surface area contributed by atoms with Crippen molar-refractivity contribution < 1.29 is 9.90 Å². The van der Waals surface area contributed by atoms with Gasteiger partial charge >= 0.3 is 5.97 Å². The van der Waals surface area contributed by atoms with Crippen LogP contribution in [0.1, 0.15) is 10.4 Å². The predicted molar refractivity (Wildman–Crippen MR) is 53.9 cm³/mol. The van der Waals surface area contributed by atoms with Crippen molar-refractivity contribution in [2.75, 3.05) is 0 Å². The van der Waals surface area contributed by atoms with Gasteiger partial charge in [0.1, 0.15) is 0 Å². The first-order valence-electron chi connectivity index (χ1n) is 3.63. The lowest BCUT2D eigenvalue weighted by Crippen LogP contribution is -2.21. The first kappa shape index (κ1) is 10.3. The van der Waals surface area contributed by atoms with Gasteiger partial charge in [0.05, 0.1) is 16.3 Å². The molecule has 0 fully saturated rings. The second-order valence-corrected chi connectivity index (χ2v) is 2.92. The summed E-state index contributed by atoms with van der Waals surface area (Å²) in [4.78, 5) is 14.3. The monoisotopic (exact) mass is 213 g/mol. The number of aliphatic imine (C=N–C) groups is 1. The van der Waals surface area contributed by atoms with Gasteiger partial charge in [-0.3, -0.25) is 0 Å². The number of rotatable bonds is 2. The van der Waals surface area contributed by atoms with E-state index in [2.05, 4.69) is 4.99 Å². The minimum absolute atomic E-state index is 0.0781. The van der Waals surface area contributed by atoms with Crippen molar-refractivity contribution in [1.29, 1.82) is 0 Å². The number of nitrogens with two attached hydrogens (primary N) is 2. The Morgan fingerprint density at radius 2 is 2.07 bits per heavy atom. The molecule has 0 aliphatic carbocycles. The van der Waals surface area contributed by atoms with Crippen LogP contribution in [-0.4, -0.2) is 17.0 Å². The molecule has 0 radical (unpaired) electrons. The molecule has 0 atom stereocenters. The van der Waals surface area contributed by atoms with Crippen LogP contribution in [0.15, 0.2) is 23.2 Å². The third kappa shape index (κ3) is 2.37. The molecule has 5 N–H and O–H groups in total. The summed E-state index contributed by atoms with van der Waals surface area (Å²) in [6, 6.07) is 4.09. The van der Waals surface area contributed by atoms with Gasteiger partial charge in [-0.15, -0.1) is 0 Å². The number of carbonyl (C=O) groups is 1. The standard InChI is InChI=1S/C8H8ClN3O2/c9-5-2-1-4(7(13)14)3-6(5)12-8(10)11/h1-3H,(H,13,14)(H4,10,11,12). The number of aromatic carboxylic acids is 1. The molecule has 1 aromatic carbocycles. The Hall–Kier alpha value is -1.75. The Bertz CT molecular complexity index is 400. The summed E-state index contributed by atoms with van der Waals surface area (Å²) in [5, 5.41) is 8.98. The van der Waals surface area contributed by atoms with E-state index in [0.29, 0.717) is 5.02 Å². The van der Waals surface area contributed by atoms with Gasteiger partial charge in [-0.05, 0) is 18.2 Å². The molecule has 0 saturated heterocycles. The smallest absolute Gasteiger partial charge is 0.335 e. The zero-order chi connectivity index (χ0) is 10.7. The number of halogens is 1. The van der Waals surface area contributed by atoms with Crippen molar-refractivity contribution in [3.05, 3.63) is 28.8 Å². The van der Waals surface area contributed by atoms with Crippen LogP contribution in [0.5, 0.6) is 0 Å². The van der Waals surface area contributed by atoms with Crippen LogP contribution < -0.4 is 11.5 Å². The maximum Gasteiger partial charge on any atom is 0.335 e. The minimum Gasteiger partial charge on any atom is -0.478 e. The second-order valence-electron chi connectivity index (χ2n) is 2.51. The van der Waals surface area contributed by atoms with Crippen LogP contribution in [0.2, 0.25) is 5.02 Å². The largest absolute Gasteiger partial charge is 0.478 e. The van der Waals surface area contributed by atoms with Gasteiger partial charge in [0, 0.05) is 0 Å². The Labute approximate surface area is 85.0 Å². The van der Waals surface area contributed by atoms with E-state index in [0.717, 1.165) is 0 Å². The highest BCUT2D eigenvalue weighted by Crippen LogP contribution is 2.25. The molecule has 1 rings (SSSR count). The Kier molecular flexibility index (Phi) is 2.93. The summed E-state index contributed by atoms with van der Waals surface area (Å²) in [5.41, 5.74) is 10.6. The van der Waals surface area contributed by atoms with E-state index in [9.17, 15) is 4.79 Å². The fourth-order valence-electron chi connectivity index (χ4n) is 0.870. The molecule has 0 spiro atoms.